The van der Waals surface area contributed by atoms with E-state index >= 15 is 0 Å². The summed E-state index contributed by atoms with van der Waals surface area (Å²) < 4.78 is 18.3. The van der Waals surface area contributed by atoms with Crippen molar-refractivity contribution >= 4 is 33.4 Å². The second kappa shape index (κ2) is 9.38. The van der Waals surface area contributed by atoms with Crippen molar-refractivity contribution in [3.63, 3.8) is 0 Å². The number of carbonyl (C=O) groups is 2. The summed E-state index contributed by atoms with van der Waals surface area (Å²) in [6.45, 7) is 4.24. The van der Waals surface area contributed by atoms with Crippen molar-refractivity contribution in [3.8, 4) is 11.5 Å². The second-order valence-corrected chi connectivity index (χ2v) is 7.23. The minimum absolute atomic E-state index is 0.0224. The molecule has 1 amide bonds. The van der Waals surface area contributed by atoms with Crippen LogP contribution in [-0.4, -0.2) is 36.8 Å². The van der Waals surface area contributed by atoms with E-state index in [1.807, 2.05) is 32.0 Å². The number of thiazole rings is 1. The molecular weight excluding hydrogens is 392 g/mol. The van der Waals surface area contributed by atoms with Crippen molar-refractivity contribution in [1.29, 1.82) is 0 Å². The van der Waals surface area contributed by atoms with Crippen LogP contribution in [0.4, 0.5) is 0 Å². The number of aryl methyl sites for hydroxylation is 1. The summed E-state index contributed by atoms with van der Waals surface area (Å²) in [5, 5.41) is 0. The molecule has 0 saturated carbocycles. The summed E-state index contributed by atoms with van der Waals surface area (Å²) in [5.41, 5.74) is 1.91. The number of rotatable bonds is 7. The molecule has 1 aromatic heterocycles. The third kappa shape index (κ3) is 5.23. The predicted octanol–water partition coefficient (Wildman–Crippen LogP) is 3.09. The number of esters is 1. The quantitative estimate of drug-likeness (QED) is 0.555. The number of nitrogens with zero attached hydrogens (tertiary/aromatic N) is 2. The Kier molecular flexibility index (Phi) is 6.66. The van der Waals surface area contributed by atoms with Crippen LogP contribution in [-0.2, 0) is 20.9 Å². The maximum atomic E-state index is 12.4. The van der Waals surface area contributed by atoms with Gasteiger partial charge < -0.3 is 18.8 Å². The summed E-state index contributed by atoms with van der Waals surface area (Å²) in [5.74, 6) is 0.428. The van der Waals surface area contributed by atoms with E-state index in [9.17, 15) is 9.59 Å². The van der Waals surface area contributed by atoms with Crippen LogP contribution < -0.4 is 14.3 Å². The molecule has 8 heteroatoms. The number of benzene rings is 2. The van der Waals surface area contributed by atoms with Gasteiger partial charge in [-0.25, -0.2) is 0 Å². The van der Waals surface area contributed by atoms with E-state index in [4.69, 9.17) is 14.2 Å². The normalized spacial score (nSPS) is 11.5. The first-order valence-corrected chi connectivity index (χ1v) is 9.92. The molecule has 7 nitrogen and oxygen atoms in total. The first-order chi connectivity index (χ1) is 14.0. The Hall–Kier alpha value is -3.13. The molecule has 152 valence electrons. The van der Waals surface area contributed by atoms with Crippen molar-refractivity contribution in [2.75, 3.05) is 20.3 Å². The average Bonchev–Trinajstić information content (AvgIpc) is 3.03. The van der Waals surface area contributed by atoms with Gasteiger partial charge in [-0.15, -0.1) is 0 Å². The molecule has 0 saturated heterocycles. The van der Waals surface area contributed by atoms with Gasteiger partial charge in [-0.2, -0.15) is 4.99 Å². The maximum Gasteiger partial charge on any atom is 0.325 e. The van der Waals surface area contributed by atoms with Gasteiger partial charge in [0, 0.05) is 0 Å². The van der Waals surface area contributed by atoms with Crippen LogP contribution in [0.15, 0.2) is 47.5 Å². The zero-order chi connectivity index (χ0) is 20.8. The Balaban J connectivity index is 1.81. The van der Waals surface area contributed by atoms with Gasteiger partial charge in [-0.05, 0) is 55.8 Å². The van der Waals surface area contributed by atoms with Gasteiger partial charge in [0.15, 0.2) is 11.4 Å². The number of aromatic nitrogens is 1. The third-order valence-corrected chi connectivity index (χ3v) is 5.11. The molecule has 3 rings (SSSR count). The highest BCUT2D eigenvalue weighted by Gasteiger charge is 2.12. The Morgan fingerprint density at radius 1 is 1.07 bits per heavy atom. The molecule has 0 aliphatic rings. The molecule has 0 aliphatic carbocycles. The van der Waals surface area contributed by atoms with Crippen LogP contribution >= 0.6 is 11.3 Å². The molecule has 0 spiro atoms. The van der Waals surface area contributed by atoms with Gasteiger partial charge in [0.2, 0.25) is 0 Å². The van der Waals surface area contributed by atoms with Crippen LogP contribution in [0.2, 0.25) is 0 Å². The lowest BCUT2D eigenvalue weighted by Crippen LogP contribution is -2.23. The lowest BCUT2D eigenvalue weighted by molar-refractivity contribution is -0.141. The Morgan fingerprint density at radius 3 is 2.41 bits per heavy atom. The molecule has 0 fully saturated rings. The SMILES string of the molecule is CCOc1ccc(OCC(=O)N=c2sc3cc(C)ccc3n2CC(=O)OC)cc1. The number of ether oxygens (including phenoxy) is 3. The molecule has 2 aromatic carbocycles. The van der Waals surface area contributed by atoms with E-state index in [1.54, 1.807) is 28.8 Å². The molecular formula is C21H22N2O5S. The van der Waals surface area contributed by atoms with Crippen LogP contribution in [0.1, 0.15) is 12.5 Å². The van der Waals surface area contributed by atoms with Crippen molar-refractivity contribution < 1.29 is 23.8 Å². The number of fused-ring (bicyclic) bond motifs is 1. The Morgan fingerprint density at radius 2 is 1.76 bits per heavy atom. The summed E-state index contributed by atoms with van der Waals surface area (Å²) >= 11 is 1.34. The number of methoxy groups -OCH3 is 1. The average molecular weight is 414 g/mol. The smallest absolute Gasteiger partial charge is 0.325 e. The molecule has 1 heterocycles. The molecule has 3 aromatic rings. The Labute approximate surface area is 172 Å². The van der Waals surface area contributed by atoms with Gasteiger partial charge in [-0.3, -0.25) is 9.59 Å². The van der Waals surface area contributed by atoms with E-state index in [1.165, 1.54) is 18.4 Å². The van der Waals surface area contributed by atoms with Crippen LogP contribution in [0.5, 0.6) is 11.5 Å². The molecule has 0 bridgehead atoms. The standard InChI is InChI=1S/C21H22N2O5S/c1-4-27-15-6-8-16(9-7-15)28-13-19(24)22-21-23(12-20(25)26-3)17-10-5-14(2)11-18(17)29-21/h5-11H,4,12-13H2,1-3H3. The van der Waals surface area contributed by atoms with E-state index in [0.29, 0.717) is 17.2 Å². The van der Waals surface area contributed by atoms with E-state index in [0.717, 1.165) is 21.5 Å². The van der Waals surface area contributed by atoms with E-state index < -0.39 is 11.9 Å². The maximum absolute atomic E-state index is 12.4. The van der Waals surface area contributed by atoms with E-state index in [2.05, 4.69) is 4.99 Å². The topological polar surface area (TPSA) is 79.1 Å². The first kappa shape index (κ1) is 20.6. The second-order valence-electron chi connectivity index (χ2n) is 6.22. The number of hydrogen-bond acceptors (Lipinski definition) is 6. The van der Waals surface area contributed by atoms with Crippen LogP contribution in [0.3, 0.4) is 0 Å². The summed E-state index contributed by atoms with van der Waals surface area (Å²) in [6.07, 6.45) is 0. The molecule has 0 N–H and O–H groups in total. The fourth-order valence-electron chi connectivity index (χ4n) is 2.69. The van der Waals surface area contributed by atoms with Gasteiger partial charge in [0.05, 0.1) is 23.9 Å². The van der Waals surface area contributed by atoms with Gasteiger partial charge in [0.25, 0.3) is 5.91 Å². The number of amides is 1. The summed E-state index contributed by atoms with van der Waals surface area (Å²) in [7, 11) is 1.33. The minimum Gasteiger partial charge on any atom is -0.494 e. The van der Waals surface area contributed by atoms with Crippen molar-refractivity contribution in [2.45, 2.75) is 20.4 Å². The number of hydrogen-bond donors (Lipinski definition) is 0. The zero-order valence-corrected chi connectivity index (χ0v) is 17.3. The summed E-state index contributed by atoms with van der Waals surface area (Å²) in [6, 6.07) is 12.9. The monoisotopic (exact) mass is 414 g/mol. The van der Waals surface area contributed by atoms with Gasteiger partial charge in [0.1, 0.15) is 18.0 Å². The molecule has 29 heavy (non-hydrogen) atoms. The lowest BCUT2D eigenvalue weighted by atomic mass is 10.2. The van der Waals surface area contributed by atoms with Crippen LogP contribution in [0, 0.1) is 6.92 Å². The third-order valence-electron chi connectivity index (χ3n) is 4.07. The van der Waals surface area contributed by atoms with Crippen molar-refractivity contribution in [1.82, 2.24) is 4.57 Å². The van der Waals surface area contributed by atoms with Gasteiger partial charge in [-0.1, -0.05) is 17.4 Å². The molecule has 0 radical (unpaired) electrons. The molecule has 0 aliphatic heterocycles. The highest BCUT2D eigenvalue weighted by atomic mass is 32.1. The summed E-state index contributed by atoms with van der Waals surface area (Å²) in [4.78, 5) is 28.8. The van der Waals surface area contributed by atoms with Gasteiger partial charge >= 0.3 is 5.97 Å². The van der Waals surface area contributed by atoms with E-state index in [-0.39, 0.29) is 13.2 Å². The Bertz CT molecular complexity index is 1080. The fourth-order valence-corrected chi connectivity index (χ4v) is 3.84. The van der Waals surface area contributed by atoms with Crippen LogP contribution in [0.25, 0.3) is 10.2 Å². The lowest BCUT2D eigenvalue weighted by Gasteiger charge is -2.06. The fraction of sp³-hybridized carbons (Fsp3) is 0.286. The molecule has 0 unspecified atom stereocenters. The minimum atomic E-state index is -0.444. The first-order valence-electron chi connectivity index (χ1n) is 9.10. The molecule has 0 atom stereocenters. The largest absolute Gasteiger partial charge is 0.494 e. The van der Waals surface area contributed by atoms with Crippen molar-refractivity contribution in [2.24, 2.45) is 4.99 Å². The number of carbonyl (C=O) groups excluding carboxylic acids is 2. The zero-order valence-electron chi connectivity index (χ0n) is 16.5. The van der Waals surface area contributed by atoms with Crippen molar-refractivity contribution in [3.05, 3.63) is 52.8 Å². The highest BCUT2D eigenvalue weighted by molar-refractivity contribution is 7.16. The highest BCUT2D eigenvalue weighted by Crippen LogP contribution is 2.19. The predicted molar refractivity (Wildman–Crippen MR) is 110 cm³/mol.